The van der Waals surface area contributed by atoms with Crippen molar-refractivity contribution in [1.29, 1.82) is 0 Å². The van der Waals surface area contributed by atoms with Crippen LogP contribution in [0.2, 0.25) is 0 Å². The molecule has 16 heavy (non-hydrogen) atoms. The topological polar surface area (TPSA) is 12.0 Å². The zero-order valence-corrected chi connectivity index (χ0v) is 10.7. The molecule has 0 radical (unpaired) electrons. The lowest BCUT2D eigenvalue weighted by atomic mass is 9.74. The molecule has 1 heterocycles. The Hall–Kier alpha value is -0.820. The van der Waals surface area contributed by atoms with Gasteiger partial charge in [0.1, 0.15) is 0 Å². The zero-order valence-electron chi connectivity index (χ0n) is 10.7. The molecule has 0 saturated carbocycles. The van der Waals surface area contributed by atoms with E-state index in [-0.39, 0.29) is 0 Å². The Bertz CT molecular complexity index is 343. The first-order chi connectivity index (χ1) is 7.70. The number of benzene rings is 1. The van der Waals surface area contributed by atoms with Crippen LogP contribution in [-0.4, -0.2) is 13.1 Å². The van der Waals surface area contributed by atoms with Crippen molar-refractivity contribution in [2.45, 2.75) is 33.1 Å². The number of hydrogen-bond acceptors (Lipinski definition) is 1. The van der Waals surface area contributed by atoms with Crippen molar-refractivity contribution >= 4 is 0 Å². The Morgan fingerprint density at radius 3 is 2.69 bits per heavy atom. The minimum atomic E-state index is 0.752. The Kier molecular flexibility index (Phi) is 3.65. The van der Waals surface area contributed by atoms with Crippen LogP contribution in [0.5, 0.6) is 0 Å². The molecule has 88 valence electrons. The first-order valence-corrected chi connectivity index (χ1v) is 6.46. The molecule has 0 bridgehead atoms. The Morgan fingerprint density at radius 2 is 2.00 bits per heavy atom. The summed E-state index contributed by atoms with van der Waals surface area (Å²) in [7, 11) is 0. The van der Waals surface area contributed by atoms with Crippen LogP contribution in [0.1, 0.15) is 37.3 Å². The van der Waals surface area contributed by atoms with Crippen molar-refractivity contribution in [1.82, 2.24) is 5.32 Å². The van der Waals surface area contributed by atoms with E-state index >= 15 is 0 Å². The number of nitrogens with one attached hydrogen (secondary N) is 1. The molecule has 1 N–H and O–H groups in total. The second kappa shape index (κ2) is 5.01. The number of piperidine rings is 1. The summed E-state index contributed by atoms with van der Waals surface area (Å²) in [5.74, 6) is 2.30. The smallest absolute Gasteiger partial charge is 0.00122 e. The molecule has 1 aliphatic rings. The molecular formula is C15H23N. The Morgan fingerprint density at radius 1 is 1.25 bits per heavy atom. The lowest BCUT2D eigenvalue weighted by Crippen LogP contribution is -2.38. The second-order valence-electron chi connectivity index (χ2n) is 5.36. The highest BCUT2D eigenvalue weighted by atomic mass is 14.9. The summed E-state index contributed by atoms with van der Waals surface area (Å²) in [6.07, 6.45) is 1.29. The summed E-state index contributed by atoms with van der Waals surface area (Å²) in [5, 5.41) is 3.54. The minimum Gasteiger partial charge on any atom is -0.316 e. The van der Waals surface area contributed by atoms with E-state index in [0.717, 1.165) is 17.8 Å². The molecular weight excluding hydrogens is 194 g/mol. The van der Waals surface area contributed by atoms with Gasteiger partial charge in [-0.2, -0.15) is 0 Å². The molecule has 2 atom stereocenters. The van der Waals surface area contributed by atoms with Gasteiger partial charge in [-0.15, -0.1) is 0 Å². The number of aryl methyl sites for hydroxylation is 1. The van der Waals surface area contributed by atoms with Crippen molar-refractivity contribution in [3.05, 3.63) is 35.4 Å². The molecule has 1 heteroatoms. The van der Waals surface area contributed by atoms with E-state index in [1.807, 2.05) is 0 Å². The van der Waals surface area contributed by atoms with Gasteiger partial charge in [-0.25, -0.2) is 0 Å². The summed E-state index contributed by atoms with van der Waals surface area (Å²) >= 11 is 0. The van der Waals surface area contributed by atoms with Gasteiger partial charge in [-0.1, -0.05) is 38.1 Å². The quantitative estimate of drug-likeness (QED) is 0.801. The lowest BCUT2D eigenvalue weighted by molar-refractivity contribution is 0.254. The van der Waals surface area contributed by atoms with Gasteiger partial charge in [0.2, 0.25) is 0 Å². The summed E-state index contributed by atoms with van der Waals surface area (Å²) in [5.41, 5.74) is 3.03. The first-order valence-electron chi connectivity index (χ1n) is 6.46. The highest BCUT2D eigenvalue weighted by molar-refractivity contribution is 5.30. The normalized spacial score (nSPS) is 26.0. The van der Waals surface area contributed by atoms with Gasteiger partial charge in [-0.3, -0.25) is 0 Å². The van der Waals surface area contributed by atoms with Gasteiger partial charge in [0.05, 0.1) is 0 Å². The minimum absolute atomic E-state index is 0.752. The first kappa shape index (κ1) is 11.7. The van der Waals surface area contributed by atoms with E-state index in [1.54, 1.807) is 5.56 Å². The van der Waals surface area contributed by atoms with Gasteiger partial charge in [0.15, 0.2) is 0 Å². The third kappa shape index (κ3) is 2.30. The van der Waals surface area contributed by atoms with E-state index < -0.39 is 0 Å². The highest BCUT2D eigenvalue weighted by Crippen LogP contribution is 2.36. The van der Waals surface area contributed by atoms with Crippen LogP contribution in [0.3, 0.4) is 0 Å². The van der Waals surface area contributed by atoms with Gasteiger partial charge < -0.3 is 5.32 Å². The molecule has 1 fully saturated rings. The summed E-state index contributed by atoms with van der Waals surface area (Å²) in [4.78, 5) is 0. The van der Waals surface area contributed by atoms with Crippen LogP contribution in [0.15, 0.2) is 24.3 Å². The maximum absolute atomic E-state index is 3.54. The fraction of sp³-hybridized carbons (Fsp3) is 0.600. The van der Waals surface area contributed by atoms with E-state index in [4.69, 9.17) is 0 Å². The lowest BCUT2D eigenvalue weighted by Gasteiger charge is -2.36. The maximum Gasteiger partial charge on any atom is -0.00122 e. The van der Waals surface area contributed by atoms with E-state index in [1.165, 1.54) is 25.1 Å². The largest absolute Gasteiger partial charge is 0.316 e. The Labute approximate surface area is 99.3 Å². The number of rotatable bonds is 2. The van der Waals surface area contributed by atoms with Crippen molar-refractivity contribution in [3.8, 4) is 0 Å². The summed E-state index contributed by atoms with van der Waals surface area (Å²) < 4.78 is 0. The fourth-order valence-corrected chi connectivity index (χ4v) is 2.97. The molecule has 2 rings (SSSR count). The van der Waals surface area contributed by atoms with Crippen LogP contribution in [0.4, 0.5) is 0 Å². The van der Waals surface area contributed by atoms with Gasteiger partial charge in [0, 0.05) is 0 Å². The van der Waals surface area contributed by atoms with Crippen LogP contribution >= 0.6 is 0 Å². The van der Waals surface area contributed by atoms with Gasteiger partial charge >= 0.3 is 0 Å². The van der Waals surface area contributed by atoms with E-state index in [0.29, 0.717) is 0 Å². The Balaban J connectivity index is 2.27. The summed E-state index contributed by atoms with van der Waals surface area (Å²) in [6, 6.07) is 8.89. The third-order valence-corrected chi connectivity index (χ3v) is 3.97. The van der Waals surface area contributed by atoms with E-state index in [2.05, 4.69) is 50.4 Å². The molecule has 1 saturated heterocycles. The highest BCUT2D eigenvalue weighted by Gasteiger charge is 2.29. The number of hydrogen-bond donors (Lipinski definition) is 1. The van der Waals surface area contributed by atoms with Crippen molar-refractivity contribution in [2.24, 2.45) is 11.8 Å². The predicted molar refractivity (Wildman–Crippen MR) is 69.7 cm³/mol. The monoisotopic (exact) mass is 217 g/mol. The molecule has 0 aromatic heterocycles. The van der Waals surface area contributed by atoms with Crippen molar-refractivity contribution < 1.29 is 0 Å². The van der Waals surface area contributed by atoms with Crippen molar-refractivity contribution in [3.63, 3.8) is 0 Å². The molecule has 0 spiro atoms. The average molecular weight is 217 g/mol. The van der Waals surface area contributed by atoms with Crippen LogP contribution in [0.25, 0.3) is 0 Å². The van der Waals surface area contributed by atoms with Crippen molar-refractivity contribution in [2.75, 3.05) is 13.1 Å². The standard InChI is InChI=1S/C15H23N/c1-11(2)15-10-16-9-8-14(15)13-7-5-4-6-12(13)3/h4-7,11,14-16H,8-10H2,1-3H3. The SMILES string of the molecule is Cc1ccccc1C1CCNCC1C(C)C. The molecule has 0 aliphatic carbocycles. The fourth-order valence-electron chi connectivity index (χ4n) is 2.97. The van der Waals surface area contributed by atoms with Gasteiger partial charge in [0.25, 0.3) is 0 Å². The second-order valence-corrected chi connectivity index (χ2v) is 5.36. The van der Waals surface area contributed by atoms with Crippen LogP contribution < -0.4 is 5.32 Å². The molecule has 2 unspecified atom stereocenters. The van der Waals surface area contributed by atoms with Gasteiger partial charge in [-0.05, 0) is 55.3 Å². The maximum atomic E-state index is 3.54. The third-order valence-electron chi connectivity index (χ3n) is 3.97. The zero-order chi connectivity index (χ0) is 11.5. The molecule has 1 nitrogen and oxygen atoms in total. The molecule has 1 aliphatic heterocycles. The molecule has 1 aromatic rings. The molecule has 1 aromatic carbocycles. The van der Waals surface area contributed by atoms with Crippen LogP contribution in [-0.2, 0) is 0 Å². The summed E-state index contributed by atoms with van der Waals surface area (Å²) in [6.45, 7) is 9.29. The van der Waals surface area contributed by atoms with E-state index in [9.17, 15) is 0 Å². The average Bonchev–Trinajstić information content (AvgIpc) is 2.29. The predicted octanol–water partition coefficient (Wildman–Crippen LogP) is 3.34. The molecule has 0 amide bonds. The van der Waals surface area contributed by atoms with Crippen LogP contribution in [0, 0.1) is 18.8 Å².